The number of nitrogens with one attached hydrogen (secondary N) is 1. The Kier molecular flexibility index (Phi) is 6.79. The van der Waals surface area contributed by atoms with Crippen LogP contribution in [0.3, 0.4) is 0 Å². The molecule has 0 fully saturated rings. The molecule has 166 valence electrons. The van der Waals surface area contributed by atoms with Crippen molar-refractivity contribution in [2.45, 2.75) is 33.3 Å². The van der Waals surface area contributed by atoms with Crippen LogP contribution in [-0.2, 0) is 11.3 Å². The Labute approximate surface area is 193 Å². The van der Waals surface area contributed by atoms with Gasteiger partial charge in [0.1, 0.15) is 6.61 Å². The van der Waals surface area contributed by atoms with Gasteiger partial charge in [0, 0.05) is 29.3 Å². The fourth-order valence-electron chi connectivity index (χ4n) is 3.76. The number of hydrogen-bond acceptors (Lipinski definition) is 5. The van der Waals surface area contributed by atoms with Crippen LogP contribution >= 0.6 is 0 Å². The number of rotatable bonds is 8. The molecule has 5 heteroatoms. The Hall–Kier alpha value is -3.99. The van der Waals surface area contributed by atoms with Crippen LogP contribution in [0.2, 0.25) is 0 Å². The standard InChI is InChI=1S/C28H26N2O3/c1-3-10-25(31)23-17-29-26-21(18-33-28(32)20-12-5-4-6-13-20)14-9-15-22(26)27(23)30-24-16-8-7-11-19(24)2/h4-9,11-17H,3,10,18H2,1-2H3,(H,29,30). The number of carbonyl (C=O) groups excluding carboxylic acids is 2. The van der Waals surface area contributed by atoms with E-state index in [1.54, 1.807) is 30.5 Å². The molecule has 4 aromatic rings. The van der Waals surface area contributed by atoms with Crippen LogP contribution in [0.4, 0.5) is 11.4 Å². The summed E-state index contributed by atoms with van der Waals surface area (Å²) in [6.07, 6.45) is 2.84. The van der Waals surface area contributed by atoms with Crippen LogP contribution in [0.1, 0.15) is 51.6 Å². The first-order valence-corrected chi connectivity index (χ1v) is 11.1. The number of ketones is 1. The Balaban J connectivity index is 1.73. The molecule has 5 nitrogen and oxygen atoms in total. The molecule has 0 radical (unpaired) electrons. The third-order valence-corrected chi connectivity index (χ3v) is 5.53. The van der Waals surface area contributed by atoms with Gasteiger partial charge in [-0.25, -0.2) is 4.79 Å². The van der Waals surface area contributed by atoms with E-state index in [0.29, 0.717) is 23.1 Å². The highest BCUT2D eigenvalue weighted by atomic mass is 16.5. The quantitative estimate of drug-likeness (QED) is 0.247. The molecule has 0 atom stereocenters. The molecule has 0 spiro atoms. The maximum absolute atomic E-state index is 12.9. The second-order valence-corrected chi connectivity index (χ2v) is 7.92. The van der Waals surface area contributed by atoms with Gasteiger partial charge < -0.3 is 10.1 Å². The zero-order valence-corrected chi connectivity index (χ0v) is 18.8. The van der Waals surface area contributed by atoms with Crippen LogP contribution in [-0.4, -0.2) is 16.7 Å². The molecular formula is C28H26N2O3. The maximum Gasteiger partial charge on any atom is 0.338 e. The van der Waals surface area contributed by atoms with E-state index in [-0.39, 0.29) is 18.4 Å². The van der Waals surface area contributed by atoms with E-state index in [9.17, 15) is 9.59 Å². The van der Waals surface area contributed by atoms with Crippen molar-refractivity contribution in [1.29, 1.82) is 0 Å². The van der Waals surface area contributed by atoms with Crippen molar-refractivity contribution < 1.29 is 14.3 Å². The summed E-state index contributed by atoms with van der Waals surface area (Å²) in [4.78, 5) is 29.9. The number of carbonyl (C=O) groups is 2. The third kappa shape index (κ3) is 4.93. The Morgan fingerprint density at radius 3 is 2.45 bits per heavy atom. The molecule has 4 rings (SSSR count). The van der Waals surface area contributed by atoms with E-state index in [0.717, 1.165) is 34.3 Å². The van der Waals surface area contributed by atoms with Gasteiger partial charge in [-0.3, -0.25) is 9.78 Å². The van der Waals surface area contributed by atoms with Gasteiger partial charge in [-0.05, 0) is 37.1 Å². The summed E-state index contributed by atoms with van der Waals surface area (Å²) in [5, 5.41) is 4.29. The molecule has 0 aliphatic carbocycles. The molecule has 0 aliphatic rings. The van der Waals surface area contributed by atoms with E-state index >= 15 is 0 Å². The summed E-state index contributed by atoms with van der Waals surface area (Å²) in [5.41, 5.74) is 5.26. The third-order valence-electron chi connectivity index (χ3n) is 5.53. The zero-order valence-electron chi connectivity index (χ0n) is 18.8. The lowest BCUT2D eigenvalue weighted by molar-refractivity contribution is 0.0474. The summed E-state index contributed by atoms with van der Waals surface area (Å²) < 4.78 is 5.55. The SMILES string of the molecule is CCCC(=O)c1cnc2c(COC(=O)c3ccccc3)cccc2c1Nc1ccccc1C. The Bertz CT molecular complexity index is 1300. The minimum atomic E-state index is -0.388. The van der Waals surface area contributed by atoms with Gasteiger partial charge in [0.25, 0.3) is 0 Å². The van der Waals surface area contributed by atoms with Gasteiger partial charge in [-0.2, -0.15) is 0 Å². The molecule has 0 saturated heterocycles. The molecule has 0 unspecified atom stereocenters. The number of aryl methyl sites for hydroxylation is 1. The van der Waals surface area contributed by atoms with Gasteiger partial charge in [0.15, 0.2) is 5.78 Å². The average Bonchev–Trinajstić information content (AvgIpc) is 2.84. The molecule has 0 bridgehead atoms. The lowest BCUT2D eigenvalue weighted by atomic mass is 10.0. The van der Waals surface area contributed by atoms with Gasteiger partial charge in [-0.15, -0.1) is 0 Å². The van der Waals surface area contributed by atoms with Crippen molar-refractivity contribution in [2.75, 3.05) is 5.32 Å². The number of nitrogens with zero attached hydrogens (tertiary/aromatic N) is 1. The number of pyridine rings is 1. The van der Waals surface area contributed by atoms with Crippen LogP contribution < -0.4 is 5.32 Å². The van der Waals surface area contributed by atoms with Crippen molar-refractivity contribution in [3.63, 3.8) is 0 Å². The second kappa shape index (κ2) is 10.1. The van der Waals surface area contributed by atoms with Crippen LogP contribution in [0.5, 0.6) is 0 Å². The molecule has 3 aromatic carbocycles. The van der Waals surface area contributed by atoms with Crippen LogP contribution in [0.25, 0.3) is 10.9 Å². The van der Waals surface area contributed by atoms with E-state index < -0.39 is 0 Å². The normalized spacial score (nSPS) is 10.7. The monoisotopic (exact) mass is 438 g/mol. The summed E-state index contributed by atoms with van der Waals surface area (Å²) >= 11 is 0. The summed E-state index contributed by atoms with van der Waals surface area (Å²) in [6.45, 7) is 4.10. The topological polar surface area (TPSA) is 68.3 Å². The second-order valence-electron chi connectivity index (χ2n) is 7.92. The van der Waals surface area contributed by atoms with Crippen molar-refractivity contribution >= 4 is 34.0 Å². The molecule has 1 N–H and O–H groups in total. The Morgan fingerprint density at radius 2 is 1.70 bits per heavy atom. The van der Waals surface area contributed by atoms with E-state index in [2.05, 4.69) is 10.3 Å². The molecule has 0 amide bonds. The summed E-state index contributed by atoms with van der Waals surface area (Å²) in [6, 6.07) is 22.6. The first kappa shape index (κ1) is 22.2. The zero-order chi connectivity index (χ0) is 23.2. The van der Waals surface area contributed by atoms with Crippen molar-refractivity contribution in [3.8, 4) is 0 Å². The minimum absolute atomic E-state index is 0.0453. The molecule has 0 saturated carbocycles. The Morgan fingerprint density at radius 1 is 0.939 bits per heavy atom. The number of aromatic nitrogens is 1. The molecule has 33 heavy (non-hydrogen) atoms. The van der Waals surface area contributed by atoms with Crippen LogP contribution in [0.15, 0.2) is 79.0 Å². The van der Waals surface area contributed by atoms with E-state index in [1.165, 1.54) is 0 Å². The van der Waals surface area contributed by atoms with Crippen molar-refractivity contribution in [2.24, 2.45) is 0 Å². The number of esters is 1. The number of fused-ring (bicyclic) bond motifs is 1. The first-order chi connectivity index (χ1) is 16.1. The van der Waals surface area contributed by atoms with Gasteiger partial charge in [0.2, 0.25) is 0 Å². The smallest absolute Gasteiger partial charge is 0.338 e. The minimum Gasteiger partial charge on any atom is -0.457 e. The molecule has 0 aliphatic heterocycles. The number of anilines is 2. The molecule has 1 aromatic heterocycles. The van der Waals surface area contributed by atoms with Crippen LogP contribution in [0, 0.1) is 6.92 Å². The van der Waals surface area contributed by atoms with Crippen molar-refractivity contribution in [3.05, 3.63) is 101 Å². The fourth-order valence-corrected chi connectivity index (χ4v) is 3.76. The lowest BCUT2D eigenvalue weighted by Crippen LogP contribution is -2.08. The van der Waals surface area contributed by atoms with Gasteiger partial charge in [-0.1, -0.05) is 61.5 Å². The average molecular weight is 439 g/mol. The predicted molar refractivity (Wildman–Crippen MR) is 131 cm³/mol. The highest BCUT2D eigenvalue weighted by Gasteiger charge is 2.18. The number of para-hydroxylation sites is 2. The number of hydrogen-bond donors (Lipinski definition) is 1. The molecule has 1 heterocycles. The van der Waals surface area contributed by atoms with Gasteiger partial charge in [0.05, 0.1) is 22.3 Å². The van der Waals surface area contributed by atoms with E-state index in [4.69, 9.17) is 4.74 Å². The van der Waals surface area contributed by atoms with Crippen molar-refractivity contribution in [1.82, 2.24) is 4.98 Å². The lowest BCUT2D eigenvalue weighted by Gasteiger charge is -2.17. The van der Waals surface area contributed by atoms with E-state index in [1.807, 2.05) is 62.4 Å². The number of benzene rings is 3. The first-order valence-electron chi connectivity index (χ1n) is 11.1. The number of ether oxygens (including phenoxy) is 1. The molecular weight excluding hydrogens is 412 g/mol. The maximum atomic E-state index is 12.9. The predicted octanol–water partition coefficient (Wildman–Crippen LogP) is 6.63. The largest absolute Gasteiger partial charge is 0.457 e. The van der Waals surface area contributed by atoms with Gasteiger partial charge >= 0.3 is 5.97 Å². The number of Topliss-reactive ketones (excluding diaryl/α,β-unsaturated/α-hetero) is 1. The summed E-state index contributed by atoms with van der Waals surface area (Å²) in [7, 11) is 0. The highest BCUT2D eigenvalue weighted by molar-refractivity contribution is 6.09. The fraction of sp³-hybridized carbons (Fsp3) is 0.179. The highest BCUT2D eigenvalue weighted by Crippen LogP contribution is 2.33. The summed E-state index contributed by atoms with van der Waals surface area (Å²) in [5.74, 6) is -0.343.